The molecule has 0 aromatic heterocycles. The number of benzene rings is 2. The van der Waals surface area contributed by atoms with Crippen molar-refractivity contribution in [3.8, 4) is 0 Å². The fourth-order valence-electron chi connectivity index (χ4n) is 4.52. The van der Waals surface area contributed by atoms with Gasteiger partial charge in [0.15, 0.2) is 0 Å². The molecule has 1 aliphatic heterocycles. The third kappa shape index (κ3) is 6.40. The van der Waals surface area contributed by atoms with Crippen LogP contribution in [0.2, 0.25) is 0 Å². The summed E-state index contributed by atoms with van der Waals surface area (Å²) in [4.78, 5) is 37.9. The van der Waals surface area contributed by atoms with Crippen LogP contribution < -0.4 is 21.3 Å². The molecule has 170 valence electrons. The number of anilines is 1. The lowest BCUT2D eigenvalue weighted by Gasteiger charge is -2.46. The van der Waals surface area contributed by atoms with Crippen LogP contribution in [0.1, 0.15) is 56.5 Å². The molecule has 4 N–H and O–H groups in total. The fourth-order valence-corrected chi connectivity index (χ4v) is 4.52. The molecular weight excluding hydrogens is 404 g/mol. The Hall–Kier alpha value is -3.19. The van der Waals surface area contributed by atoms with Crippen LogP contribution in [0, 0.1) is 0 Å². The molecule has 0 saturated carbocycles. The van der Waals surface area contributed by atoms with Gasteiger partial charge in [-0.05, 0) is 58.2 Å². The highest BCUT2D eigenvalue weighted by Gasteiger charge is 2.38. The van der Waals surface area contributed by atoms with E-state index in [0.717, 1.165) is 5.56 Å². The maximum Gasteiger partial charge on any atom is 0.313 e. The van der Waals surface area contributed by atoms with Gasteiger partial charge in [-0.3, -0.25) is 14.4 Å². The summed E-state index contributed by atoms with van der Waals surface area (Å²) in [5.41, 5.74) is 1.26. The first-order valence-electron chi connectivity index (χ1n) is 10.9. The molecule has 1 fully saturated rings. The van der Waals surface area contributed by atoms with Gasteiger partial charge in [0.25, 0.3) is 5.91 Å². The van der Waals surface area contributed by atoms with Crippen molar-refractivity contribution in [2.45, 2.75) is 64.2 Å². The van der Waals surface area contributed by atoms with E-state index in [1.165, 1.54) is 0 Å². The summed E-state index contributed by atoms with van der Waals surface area (Å²) in [6.45, 7) is 8.69. The molecule has 1 heterocycles. The molecular formula is C25H32N4O3. The number of amides is 3. The Morgan fingerprint density at radius 1 is 0.875 bits per heavy atom. The van der Waals surface area contributed by atoms with Gasteiger partial charge in [-0.1, -0.05) is 42.5 Å². The first-order chi connectivity index (χ1) is 15.0. The second-order valence-corrected chi connectivity index (χ2v) is 9.64. The largest absolute Gasteiger partial charge is 0.348 e. The molecule has 0 unspecified atom stereocenters. The lowest BCUT2D eigenvalue weighted by Crippen LogP contribution is -2.62. The number of piperidine rings is 1. The van der Waals surface area contributed by atoms with Crippen LogP contribution in [0.4, 0.5) is 5.69 Å². The first kappa shape index (κ1) is 23.5. The van der Waals surface area contributed by atoms with Gasteiger partial charge in [0.1, 0.15) is 0 Å². The van der Waals surface area contributed by atoms with Crippen molar-refractivity contribution in [1.29, 1.82) is 0 Å². The van der Waals surface area contributed by atoms with Crippen molar-refractivity contribution in [3.63, 3.8) is 0 Å². The molecule has 3 rings (SSSR count). The highest BCUT2D eigenvalue weighted by molar-refractivity contribution is 6.40. The van der Waals surface area contributed by atoms with E-state index in [2.05, 4.69) is 49.0 Å². The number of hydrogen-bond donors (Lipinski definition) is 4. The van der Waals surface area contributed by atoms with E-state index < -0.39 is 11.8 Å². The summed E-state index contributed by atoms with van der Waals surface area (Å²) in [6.07, 6.45) is 1.43. The maximum absolute atomic E-state index is 12.7. The van der Waals surface area contributed by atoms with Gasteiger partial charge in [-0.15, -0.1) is 0 Å². The molecule has 0 radical (unpaired) electrons. The minimum Gasteiger partial charge on any atom is -0.348 e. The topological polar surface area (TPSA) is 99.3 Å². The molecule has 1 saturated heterocycles. The van der Waals surface area contributed by atoms with E-state index in [-0.39, 0.29) is 23.0 Å². The molecule has 7 nitrogen and oxygen atoms in total. The summed E-state index contributed by atoms with van der Waals surface area (Å²) >= 11 is 0. The van der Waals surface area contributed by atoms with Gasteiger partial charge < -0.3 is 21.3 Å². The van der Waals surface area contributed by atoms with Crippen LogP contribution >= 0.6 is 0 Å². The number of carbonyl (C=O) groups is 3. The van der Waals surface area contributed by atoms with Crippen LogP contribution in [0.15, 0.2) is 54.6 Å². The SMILES string of the molecule is CC1(C)CC(NC(=O)C(=O)Nc2ccccc2C(=O)NCc2ccccc2)CC(C)(C)N1. The summed E-state index contributed by atoms with van der Waals surface area (Å²) in [6, 6.07) is 16.1. The standard InChI is InChI=1S/C25H32N4O3/c1-24(2)14-18(15-25(3,4)29-24)27-22(31)23(32)28-20-13-9-8-12-19(20)21(30)26-16-17-10-6-5-7-11-17/h5-13,18,29H,14-16H2,1-4H3,(H,26,30)(H,27,31)(H,28,32). The van der Waals surface area contributed by atoms with Crippen molar-refractivity contribution in [2.75, 3.05) is 5.32 Å². The molecule has 2 aromatic rings. The fraction of sp³-hybridized carbons (Fsp3) is 0.400. The first-order valence-corrected chi connectivity index (χ1v) is 10.9. The predicted molar refractivity (Wildman–Crippen MR) is 125 cm³/mol. The highest BCUT2D eigenvalue weighted by atomic mass is 16.2. The predicted octanol–water partition coefficient (Wildman–Crippen LogP) is 2.98. The molecule has 32 heavy (non-hydrogen) atoms. The quantitative estimate of drug-likeness (QED) is 0.542. The molecule has 0 atom stereocenters. The van der Waals surface area contributed by atoms with E-state index in [4.69, 9.17) is 0 Å². The number of nitrogens with one attached hydrogen (secondary N) is 4. The van der Waals surface area contributed by atoms with Crippen LogP contribution in [0.5, 0.6) is 0 Å². The summed E-state index contributed by atoms with van der Waals surface area (Å²) < 4.78 is 0. The monoisotopic (exact) mass is 436 g/mol. The highest BCUT2D eigenvalue weighted by Crippen LogP contribution is 2.28. The summed E-state index contributed by atoms with van der Waals surface area (Å²) in [5, 5.41) is 11.8. The van der Waals surface area contributed by atoms with E-state index in [0.29, 0.717) is 30.6 Å². The Balaban J connectivity index is 1.62. The van der Waals surface area contributed by atoms with Crippen LogP contribution in [0.25, 0.3) is 0 Å². The molecule has 3 amide bonds. The van der Waals surface area contributed by atoms with E-state index in [9.17, 15) is 14.4 Å². The van der Waals surface area contributed by atoms with Crippen molar-refractivity contribution in [2.24, 2.45) is 0 Å². The summed E-state index contributed by atoms with van der Waals surface area (Å²) in [5.74, 6) is -1.82. The van der Waals surface area contributed by atoms with Crippen LogP contribution in [-0.4, -0.2) is 34.8 Å². The number of hydrogen-bond acceptors (Lipinski definition) is 4. The lowest BCUT2D eigenvalue weighted by molar-refractivity contribution is -0.137. The Labute approximate surface area is 189 Å². The van der Waals surface area contributed by atoms with Crippen molar-refractivity contribution >= 4 is 23.4 Å². The van der Waals surface area contributed by atoms with Crippen molar-refractivity contribution in [1.82, 2.24) is 16.0 Å². The van der Waals surface area contributed by atoms with Crippen molar-refractivity contribution < 1.29 is 14.4 Å². The zero-order valence-corrected chi connectivity index (χ0v) is 19.1. The maximum atomic E-state index is 12.7. The molecule has 0 bridgehead atoms. The second-order valence-electron chi connectivity index (χ2n) is 9.64. The molecule has 7 heteroatoms. The van der Waals surface area contributed by atoms with Crippen LogP contribution in [0.3, 0.4) is 0 Å². The van der Waals surface area contributed by atoms with Gasteiger partial charge in [-0.2, -0.15) is 0 Å². The zero-order valence-electron chi connectivity index (χ0n) is 19.1. The average Bonchev–Trinajstić information content (AvgIpc) is 2.70. The Morgan fingerprint density at radius 2 is 1.47 bits per heavy atom. The minimum atomic E-state index is -0.789. The van der Waals surface area contributed by atoms with E-state index >= 15 is 0 Å². The Kier molecular flexibility index (Phi) is 6.99. The van der Waals surface area contributed by atoms with Gasteiger partial charge >= 0.3 is 11.8 Å². The van der Waals surface area contributed by atoms with Gasteiger partial charge in [-0.25, -0.2) is 0 Å². The normalized spacial score (nSPS) is 17.2. The molecule has 2 aromatic carbocycles. The van der Waals surface area contributed by atoms with Gasteiger partial charge in [0, 0.05) is 23.7 Å². The zero-order chi connectivity index (χ0) is 23.4. The van der Waals surface area contributed by atoms with E-state index in [1.54, 1.807) is 24.3 Å². The average molecular weight is 437 g/mol. The van der Waals surface area contributed by atoms with E-state index in [1.807, 2.05) is 30.3 Å². The molecule has 0 spiro atoms. The number of carbonyl (C=O) groups excluding carboxylic acids is 3. The van der Waals surface area contributed by atoms with Gasteiger partial charge in [0.05, 0.1) is 11.3 Å². The summed E-state index contributed by atoms with van der Waals surface area (Å²) in [7, 11) is 0. The molecule has 1 aliphatic rings. The molecule has 0 aliphatic carbocycles. The number of rotatable bonds is 5. The van der Waals surface area contributed by atoms with Crippen LogP contribution in [-0.2, 0) is 16.1 Å². The lowest BCUT2D eigenvalue weighted by atomic mass is 9.79. The van der Waals surface area contributed by atoms with Crippen molar-refractivity contribution in [3.05, 3.63) is 65.7 Å². The number of para-hydroxylation sites is 1. The smallest absolute Gasteiger partial charge is 0.313 e. The minimum absolute atomic E-state index is 0.121. The Morgan fingerprint density at radius 3 is 2.12 bits per heavy atom. The second kappa shape index (κ2) is 9.53. The Bertz CT molecular complexity index is 970. The third-order valence-electron chi connectivity index (χ3n) is 5.45. The van der Waals surface area contributed by atoms with Gasteiger partial charge in [0.2, 0.25) is 0 Å². The third-order valence-corrected chi connectivity index (χ3v) is 5.45.